The molecule has 0 bridgehead atoms. The van der Waals surface area contributed by atoms with Crippen molar-refractivity contribution in [3.05, 3.63) is 23.8 Å². The summed E-state index contributed by atoms with van der Waals surface area (Å²) >= 11 is 0. The fourth-order valence-corrected chi connectivity index (χ4v) is 1.23. The molecule has 0 aliphatic heterocycles. The lowest BCUT2D eigenvalue weighted by molar-refractivity contribution is 0.637. The summed E-state index contributed by atoms with van der Waals surface area (Å²) < 4.78 is 0. The van der Waals surface area contributed by atoms with E-state index in [1.165, 1.54) is 44.1 Å². The SMILES string of the molecule is C/C=C(C)/C=C\CCCCCCC. The lowest BCUT2D eigenvalue weighted by Gasteiger charge is -1.96. The van der Waals surface area contributed by atoms with Gasteiger partial charge in [-0.1, -0.05) is 56.4 Å². The summed E-state index contributed by atoms with van der Waals surface area (Å²) in [7, 11) is 0. The first-order chi connectivity index (χ1) is 6.31. The van der Waals surface area contributed by atoms with E-state index >= 15 is 0 Å². The maximum absolute atomic E-state index is 2.29. The second-order valence-corrected chi connectivity index (χ2v) is 3.64. The predicted octanol–water partition coefficient (Wildman–Crippen LogP) is 4.87. The van der Waals surface area contributed by atoms with Gasteiger partial charge in [0, 0.05) is 0 Å². The number of hydrogen-bond acceptors (Lipinski definition) is 0. The maximum atomic E-state index is 2.29. The van der Waals surface area contributed by atoms with E-state index in [1.54, 1.807) is 0 Å². The molecule has 0 aliphatic carbocycles. The molecule has 0 aliphatic rings. The first-order valence-electron chi connectivity index (χ1n) is 5.60. The van der Waals surface area contributed by atoms with Crippen molar-refractivity contribution in [2.24, 2.45) is 0 Å². The highest BCUT2D eigenvalue weighted by atomic mass is 13.9. The van der Waals surface area contributed by atoms with Crippen LogP contribution in [0.5, 0.6) is 0 Å². The monoisotopic (exact) mass is 180 g/mol. The highest BCUT2D eigenvalue weighted by Crippen LogP contribution is 2.06. The van der Waals surface area contributed by atoms with Crippen LogP contribution in [0.15, 0.2) is 23.8 Å². The molecule has 0 unspecified atom stereocenters. The number of unbranched alkanes of at least 4 members (excludes halogenated alkanes) is 5. The van der Waals surface area contributed by atoms with Gasteiger partial charge in [-0.3, -0.25) is 0 Å². The van der Waals surface area contributed by atoms with Gasteiger partial charge < -0.3 is 0 Å². The van der Waals surface area contributed by atoms with Crippen molar-refractivity contribution in [2.45, 2.75) is 59.3 Å². The van der Waals surface area contributed by atoms with Gasteiger partial charge in [0.2, 0.25) is 0 Å². The van der Waals surface area contributed by atoms with Crippen molar-refractivity contribution in [2.75, 3.05) is 0 Å². The van der Waals surface area contributed by atoms with Crippen LogP contribution in [-0.4, -0.2) is 0 Å². The molecule has 0 saturated heterocycles. The summed E-state index contributed by atoms with van der Waals surface area (Å²) in [4.78, 5) is 0. The van der Waals surface area contributed by atoms with Crippen LogP contribution in [0.2, 0.25) is 0 Å². The Labute approximate surface area is 83.7 Å². The van der Waals surface area contributed by atoms with Crippen molar-refractivity contribution in [1.82, 2.24) is 0 Å². The third kappa shape index (κ3) is 9.39. The Morgan fingerprint density at radius 1 is 1.08 bits per heavy atom. The number of rotatable bonds is 7. The summed E-state index contributed by atoms with van der Waals surface area (Å²) in [6.07, 6.45) is 14.8. The summed E-state index contributed by atoms with van der Waals surface area (Å²) in [6.45, 7) is 6.49. The van der Waals surface area contributed by atoms with Crippen LogP contribution in [0.4, 0.5) is 0 Å². The van der Waals surface area contributed by atoms with Crippen molar-refractivity contribution < 1.29 is 0 Å². The fraction of sp³-hybridized carbons (Fsp3) is 0.692. The molecule has 0 spiro atoms. The van der Waals surface area contributed by atoms with Crippen LogP contribution in [-0.2, 0) is 0 Å². The fourth-order valence-electron chi connectivity index (χ4n) is 1.23. The molecule has 0 atom stereocenters. The van der Waals surface area contributed by atoms with E-state index in [9.17, 15) is 0 Å². The smallest absolute Gasteiger partial charge is 0.0348 e. The molecule has 0 aromatic heterocycles. The molecule has 0 aromatic carbocycles. The molecule has 0 saturated carbocycles. The van der Waals surface area contributed by atoms with Gasteiger partial charge in [0.25, 0.3) is 0 Å². The molecular weight excluding hydrogens is 156 g/mol. The Kier molecular flexibility index (Phi) is 9.18. The Balaban J connectivity index is 3.20. The van der Waals surface area contributed by atoms with E-state index in [4.69, 9.17) is 0 Å². The maximum Gasteiger partial charge on any atom is -0.0348 e. The van der Waals surface area contributed by atoms with Gasteiger partial charge in [0.15, 0.2) is 0 Å². The van der Waals surface area contributed by atoms with Crippen LogP contribution in [0.1, 0.15) is 59.3 Å². The lowest BCUT2D eigenvalue weighted by Crippen LogP contribution is -1.76. The average molecular weight is 180 g/mol. The molecule has 0 fully saturated rings. The molecule has 0 radical (unpaired) electrons. The molecule has 0 amide bonds. The number of hydrogen-bond donors (Lipinski definition) is 0. The molecule has 0 rings (SSSR count). The summed E-state index contributed by atoms with van der Waals surface area (Å²) in [5.74, 6) is 0. The third-order valence-electron chi connectivity index (χ3n) is 2.31. The van der Waals surface area contributed by atoms with E-state index in [1.807, 2.05) is 0 Å². The van der Waals surface area contributed by atoms with Gasteiger partial charge in [0.1, 0.15) is 0 Å². The number of allylic oxidation sites excluding steroid dienone is 4. The van der Waals surface area contributed by atoms with E-state index in [-0.39, 0.29) is 0 Å². The second kappa shape index (κ2) is 9.57. The zero-order valence-electron chi connectivity index (χ0n) is 9.47. The summed E-state index contributed by atoms with van der Waals surface area (Å²) in [6, 6.07) is 0. The largest absolute Gasteiger partial charge is 0.0847 e. The molecule has 0 aromatic rings. The predicted molar refractivity (Wildman–Crippen MR) is 61.9 cm³/mol. The minimum atomic E-state index is 1.24. The van der Waals surface area contributed by atoms with Crippen LogP contribution in [0, 0.1) is 0 Å². The van der Waals surface area contributed by atoms with Crippen LogP contribution >= 0.6 is 0 Å². The lowest BCUT2D eigenvalue weighted by atomic mass is 10.1. The Hall–Kier alpha value is -0.520. The van der Waals surface area contributed by atoms with Crippen LogP contribution in [0.3, 0.4) is 0 Å². The van der Waals surface area contributed by atoms with Gasteiger partial charge >= 0.3 is 0 Å². The minimum absolute atomic E-state index is 1.24. The van der Waals surface area contributed by atoms with Gasteiger partial charge in [-0.25, -0.2) is 0 Å². The third-order valence-corrected chi connectivity index (χ3v) is 2.31. The highest BCUT2D eigenvalue weighted by Gasteiger charge is 1.86. The highest BCUT2D eigenvalue weighted by molar-refractivity contribution is 5.14. The van der Waals surface area contributed by atoms with Crippen molar-refractivity contribution in [1.29, 1.82) is 0 Å². The van der Waals surface area contributed by atoms with Crippen molar-refractivity contribution in [3.8, 4) is 0 Å². The van der Waals surface area contributed by atoms with E-state index < -0.39 is 0 Å². The summed E-state index contributed by atoms with van der Waals surface area (Å²) in [5.41, 5.74) is 1.37. The second-order valence-electron chi connectivity index (χ2n) is 3.64. The molecule has 0 N–H and O–H groups in total. The van der Waals surface area contributed by atoms with Gasteiger partial charge in [-0.15, -0.1) is 0 Å². The van der Waals surface area contributed by atoms with Crippen LogP contribution in [0.25, 0.3) is 0 Å². The zero-order valence-corrected chi connectivity index (χ0v) is 9.47. The Morgan fingerprint density at radius 3 is 2.38 bits per heavy atom. The van der Waals surface area contributed by atoms with Gasteiger partial charge in [0.05, 0.1) is 0 Å². The molecule has 76 valence electrons. The molecule has 13 heavy (non-hydrogen) atoms. The minimum Gasteiger partial charge on any atom is -0.0847 e. The van der Waals surface area contributed by atoms with E-state index in [0.717, 1.165) is 0 Å². The van der Waals surface area contributed by atoms with Crippen molar-refractivity contribution in [3.63, 3.8) is 0 Å². The van der Waals surface area contributed by atoms with Gasteiger partial charge in [-0.05, 0) is 26.7 Å². The Bertz CT molecular complexity index is 151. The molecular formula is C13H24. The van der Waals surface area contributed by atoms with Crippen molar-refractivity contribution >= 4 is 0 Å². The summed E-state index contributed by atoms with van der Waals surface area (Å²) in [5, 5.41) is 0. The van der Waals surface area contributed by atoms with E-state index in [2.05, 4.69) is 39.0 Å². The Morgan fingerprint density at radius 2 is 1.77 bits per heavy atom. The standard InChI is InChI=1S/C13H24/c1-4-6-7-8-9-10-11-12-13(3)5-2/h5,11-12H,4,6-10H2,1-3H3/b12-11-,13-5+. The topological polar surface area (TPSA) is 0 Å². The van der Waals surface area contributed by atoms with E-state index in [0.29, 0.717) is 0 Å². The first-order valence-corrected chi connectivity index (χ1v) is 5.60. The first kappa shape index (κ1) is 12.5. The molecule has 0 heteroatoms. The zero-order chi connectivity index (χ0) is 9.94. The normalized spacial score (nSPS) is 12.7. The molecule has 0 nitrogen and oxygen atoms in total. The van der Waals surface area contributed by atoms with Crippen LogP contribution < -0.4 is 0 Å². The average Bonchev–Trinajstić information content (AvgIpc) is 2.16. The molecule has 0 heterocycles. The van der Waals surface area contributed by atoms with Gasteiger partial charge in [-0.2, -0.15) is 0 Å². The quantitative estimate of drug-likeness (QED) is 0.387.